The summed E-state index contributed by atoms with van der Waals surface area (Å²) < 4.78 is 5.51. The van der Waals surface area contributed by atoms with E-state index < -0.39 is 0 Å². The molecule has 2 aromatic rings. The van der Waals surface area contributed by atoms with Crippen molar-refractivity contribution >= 4 is 17.5 Å². The van der Waals surface area contributed by atoms with Gasteiger partial charge in [-0.25, -0.2) is 4.98 Å². The van der Waals surface area contributed by atoms with Crippen LogP contribution in [0.25, 0.3) is 0 Å². The number of aryl methyl sites for hydroxylation is 1. The second-order valence-electron chi connectivity index (χ2n) is 5.48. The first kappa shape index (κ1) is 17.5. The van der Waals surface area contributed by atoms with Gasteiger partial charge >= 0.3 is 0 Å². The quantitative estimate of drug-likeness (QED) is 0.814. The fraction of sp³-hybridized carbons (Fsp3) is 0.353. The third-order valence-electron chi connectivity index (χ3n) is 3.37. The minimum atomic E-state index is -0.160. The maximum atomic E-state index is 12.1. The van der Waals surface area contributed by atoms with Crippen LogP contribution in [0.4, 0.5) is 5.69 Å². The average molecular weight is 330 g/mol. The van der Waals surface area contributed by atoms with Gasteiger partial charge < -0.3 is 19.9 Å². The highest BCUT2D eigenvalue weighted by Crippen LogP contribution is 2.17. The predicted molar refractivity (Wildman–Crippen MR) is 90.7 cm³/mol. The van der Waals surface area contributed by atoms with Crippen LogP contribution in [0.15, 0.2) is 30.5 Å². The molecular formula is C17H22N4O3. The van der Waals surface area contributed by atoms with Crippen LogP contribution in [0.5, 0.6) is 5.75 Å². The Morgan fingerprint density at radius 2 is 2.17 bits per heavy atom. The van der Waals surface area contributed by atoms with Crippen molar-refractivity contribution in [2.75, 3.05) is 19.0 Å². The molecule has 2 N–H and O–H groups in total. The first-order valence-electron chi connectivity index (χ1n) is 7.75. The van der Waals surface area contributed by atoms with Gasteiger partial charge in [-0.05, 0) is 19.1 Å². The Hall–Kier alpha value is -2.83. The molecular weight excluding hydrogens is 308 g/mol. The average Bonchev–Trinajstić information content (AvgIpc) is 2.97. The van der Waals surface area contributed by atoms with Crippen molar-refractivity contribution in [3.63, 3.8) is 0 Å². The Morgan fingerprint density at radius 1 is 1.38 bits per heavy atom. The number of rotatable bonds is 7. The minimum absolute atomic E-state index is 0.0725. The molecule has 0 aliphatic carbocycles. The van der Waals surface area contributed by atoms with E-state index >= 15 is 0 Å². The number of aromatic nitrogens is 2. The lowest BCUT2D eigenvalue weighted by atomic mass is 10.3. The molecule has 0 saturated carbocycles. The Balaban J connectivity index is 1.86. The normalized spacial score (nSPS) is 10.3. The monoisotopic (exact) mass is 330 g/mol. The molecule has 0 atom stereocenters. The van der Waals surface area contributed by atoms with Crippen LogP contribution in [0.2, 0.25) is 0 Å². The summed E-state index contributed by atoms with van der Waals surface area (Å²) in [6, 6.07) is 6.97. The number of H-pyrrole nitrogens is 1. The van der Waals surface area contributed by atoms with E-state index in [4.69, 9.17) is 4.74 Å². The summed E-state index contributed by atoms with van der Waals surface area (Å²) in [7, 11) is 1.70. The summed E-state index contributed by atoms with van der Waals surface area (Å²) >= 11 is 0. The van der Waals surface area contributed by atoms with Crippen molar-refractivity contribution in [1.29, 1.82) is 0 Å². The zero-order chi connectivity index (χ0) is 17.5. The van der Waals surface area contributed by atoms with Gasteiger partial charge in [-0.3, -0.25) is 9.59 Å². The second-order valence-corrected chi connectivity index (χ2v) is 5.48. The molecule has 0 radical (unpaired) electrons. The second kappa shape index (κ2) is 8.14. The van der Waals surface area contributed by atoms with Crippen LogP contribution in [-0.4, -0.2) is 40.3 Å². The van der Waals surface area contributed by atoms with Gasteiger partial charge in [-0.2, -0.15) is 0 Å². The van der Waals surface area contributed by atoms with Crippen molar-refractivity contribution in [3.05, 3.63) is 42.0 Å². The number of carbonyl (C=O) groups excluding carboxylic acids is 2. The Morgan fingerprint density at radius 3 is 2.83 bits per heavy atom. The van der Waals surface area contributed by atoms with Gasteiger partial charge in [-0.1, -0.05) is 13.0 Å². The fourth-order valence-corrected chi connectivity index (χ4v) is 2.03. The number of anilines is 1. The number of carbonyl (C=O) groups is 2. The van der Waals surface area contributed by atoms with Crippen molar-refractivity contribution < 1.29 is 14.3 Å². The van der Waals surface area contributed by atoms with E-state index in [1.807, 2.05) is 6.92 Å². The number of likely N-dealkylation sites (N-methyl/N-ethyl adjacent to an activating group) is 1. The van der Waals surface area contributed by atoms with Gasteiger partial charge in [0.1, 0.15) is 11.6 Å². The number of amides is 2. The number of nitrogens with one attached hydrogen (secondary N) is 2. The van der Waals surface area contributed by atoms with Crippen molar-refractivity contribution in [3.8, 4) is 5.75 Å². The third-order valence-corrected chi connectivity index (χ3v) is 3.37. The SMILES string of the molecule is CCC(=O)Nc1cccc(OCC(=O)N(C)Cc2ncc(C)[nH]2)c1. The molecule has 128 valence electrons. The maximum absolute atomic E-state index is 12.1. The molecule has 0 aliphatic heterocycles. The standard InChI is InChI=1S/C17H22N4O3/c1-4-16(22)20-13-6-5-7-14(8-13)24-11-17(23)21(3)10-15-18-9-12(2)19-15/h5-9H,4,10-11H2,1-3H3,(H,18,19)(H,20,22). The molecule has 7 heteroatoms. The minimum Gasteiger partial charge on any atom is -0.484 e. The number of imidazole rings is 1. The molecule has 0 bridgehead atoms. The van der Waals surface area contributed by atoms with Crippen LogP contribution in [0.1, 0.15) is 24.9 Å². The Bertz CT molecular complexity index is 711. The predicted octanol–water partition coefficient (Wildman–Crippen LogP) is 2.10. The molecule has 0 unspecified atom stereocenters. The van der Waals surface area contributed by atoms with E-state index in [0.717, 1.165) is 11.5 Å². The summed E-state index contributed by atoms with van der Waals surface area (Å²) in [6.45, 7) is 4.00. The smallest absolute Gasteiger partial charge is 0.260 e. The lowest BCUT2D eigenvalue weighted by Gasteiger charge is -2.16. The maximum Gasteiger partial charge on any atom is 0.260 e. The van der Waals surface area contributed by atoms with E-state index in [1.165, 1.54) is 0 Å². The van der Waals surface area contributed by atoms with Crippen molar-refractivity contribution in [2.45, 2.75) is 26.8 Å². The molecule has 1 aromatic heterocycles. The van der Waals surface area contributed by atoms with Crippen LogP contribution in [0.3, 0.4) is 0 Å². The van der Waals surface area contributed by atoms with Gasteiger partial charge in [0.15, 0.2) is 6.61 Å². The fourth-order valence-electron chi connectivity index (χ4n) is 2.03. The molecule has 0 fully saturated rings. The summed E-state index contributed by atoms with van der Waals surface area (Å²) in [6.07, 6.45) is 2.13. The van der Waals surface area contributed by atoms with Crippen LogP contribution in [0, 0.1) is 6.92 Å². The highest BCUT2D eigenvalue weighted by molar-refractivity contribution is 5.90. The van der Waals surface area contributed by atoms with E-state index in [2.05, 4.69) is 15.3 Å². The summed E-state index contributed by atoms with van der Waals surface area (Å²) in [5.41, 5.74) is 1.60. The summed E-state index contributed by atoms with van der Waals surface area (Å²) in [4.78, 5) is 32.3. The van der Waals surface area contributed by atoms with E-state index in [0.29, 0.717) is 24.4 Å². The number of aromatic amines is 1. The summed E-state index contributed by atoms with van der Waals surface area (Å²) in [5, 5.41) is 2.75. The number of hydrogen-bond acceptors (Lipinski definition) is 4. The molecule has 0 aliphatic rings. The first-order chi connectivity index (χ1) is 11.5. The van der Waals surface area contributed by atoms with Crippen LogP contribution in [-0.2, 0) is 16.1 Å². The number of nitrogens with zero attached hydrogens (tertiary/aromatic N) is 2. The topological polar surface area (TPSA) is 87.3 Å². The molecule has 1 aromatic carbocycles. The van der Waals surface area contributed by atoms with Gasteiger partial charge in [0.05, 0.1) is 6.54 Å². The molecule has 7 nitrogen and oxygen atoms in total. The highest BCUT2D eigenvalue weighted by Gasteiger charge is 2.12. The molecule has 0 spiro atoms. The summed E-state index contributed by atoms with van der Waals surface area (Å²) in [5.74, 6) is 1.02. The number of benzene rings is 1. The van der Waals surface area contributed by atoms with Gasteiger partial charge in [-0.15, -0.1) is 0 Å². The van der Waals surface area contributed by atoms with Gasteiger partial charge in [0.25, 0.3) is 5.91 Å². The molecule has 0 saturated heterocycles. The lowest BCUT2D eigenvalue weighted by Crippen LogP contribution is -2.31. The Labute approximate surface area is 141 Å². The van der Waals surface area contributed by atoms with Gasteiger partial charge in [0, 0.05) is 37.1 Å². The number of hydrogen-bond donors (Lipinski definition) is 2. The van der Waals surface area contributed by atoms with E-state index in [9.17, 15) is 9.59 Å². The Kier molecular flexibility index (Phi) is 5.95. The van der Waals surface area contributed by atoms with Crippen molar-refractivity contribution in [2.24, 2.45) is 0 Å². The zero-order valence-electron chi connectivity index (χ0n) is 14.1. The van der Waals surface area contributed by atoms with Crippen LogP contribution < -0.4 is 10.1 Å². The molecule has 2 amide bonds. The van der Waals surface area contributed by atoms with E-state index in [1.54, 1.807) is 49.3 Å². The lowest BCUT2D eigenvalue weighted by molar-refractivity contribution is -0.132. The highest BCUT2D eigenvalue weighted by atomic mass is 16.5. The molecule has 1 heterocycles. The largest absolute Gasteiger partial charge is 0.484 e. The van der Waals surface area contributed by atoms with Gasteiger partial charge in [0.2, 0.25) is 5.91 Å². The molecule has 24 heavy (non-hydrogen) atoms. The molecule has 2 rings (SSSR count). The zero-order valence-corrected chi connectivity index (χ0v) is 14.1. The number of ether oxygens (including phenoxy) is 1. The van der Waals surface area contributed by atoms with Crippen molar-refractivity contribution in [1.82, 2.24) is 14.9 Å². The third kappa shape index (κ3) is 5.12. The van der Waals surface area contributed by atoms with Crippen LogP contribution >= 0.6 is 0 Å². The first-order valence-corrected chi connectivity index (χ1v) is 7.75. The van der Waals surface area contributed by atoms with E-state index in [-0.39, 0.29) is 18.4 Å².